The Labute approximate surface area is 193 Å². The highest BCUT2D eigenvalue weighted by Gasteiger charge is 2.31. The van der Waals surface area contributed by atoms with Crippen LogP contribution in [0.2, 0.25) is 0 Å². The second-order valence-corrected chi connectivity index (χ2v) is 8.36. The van der Waals surface area contributed by atoms with Crippen LogP contribution in [0.4, 0.5) is 0 Å². The van der Waals surface area contributed by atoms with Crippen LogP contribution in [0.3, 0.4) is 0 Å². The number of nitrogens with two attached hydrogens (primary N) is 2. The van der Waals surface area contributed by atoms with Crippen LogP contribution in [-0.2, 0) is 29.7 Å². The molecular formula is C20H25N5O7S. The molecule has 8 N–H and O–H groups in total. The minimum Gasteiger partial charge on any atom is -0.481 e. The SMILES string of the molecule is NC(=O)CC1NC(=O)C(CCC(=O)O)NC(=O)c2ccccc2CSCC(C(N)=O)NC1=O. The molecule has 0 radical (unpaired) electrons. The van der Waals surface area contributed by atoms with Crippen molar-refractivity contribution < 1.29 is 33.9 Å². The predicted octanol–water partition coefficient (Wildman–Crippen LogP) is -1.77. The van der Waals surface area contributed by atoms with Crippen molar-refractivity contribution in [2.45, 2.75) is 43.1 Å². The summed E-state index contributed by atoms with van der Waals surface area (Å²) in [7, 11) is 0. The standard InChI is InChI=1S/C20H25N5O7S/c21-15(26)7-13-20(32)25-14(17(22)29)9-33-8-10-3-1-2-4-11(10)18(30)23-12(19(31)24-13)5-6-16(27)28/h1-4,12-14H,5-9H2,(H2,21,26)(H2,22,29)(H,23,30)(H,24,31)(H,25,32)(H,27,28). The molecule has 178 valence electrons. The molecule has 5 amide bonds. The van der Waals surface area contributed by atoms with Gasteiger partial charge in [0.15, 0.2) is 0 Å². The van der Waals surface area contributed by atoms with Crippen molar-refractivity contribution in [3.63, 3.8) is 0 Å². The van der Waals surface area contributed by atoms with Gasteiger partial charge in [0.25, 0.3) is 5.91 Å². The maximum atomic E-state index is 12.9. The number of carboxylic acids is 1. The van der Waals surface area contributed by atoms with E-state index in [1.807, 2.05) is 0 Å². The molecule has 1 aliphatic rings. The van der Waals surface area contributed by atoms with E-state index in [0.29, 0.717) is 11.3 Å². The number of nitrogens with one attached hydrogen (secondary N) is 3. The van der Waals surface area contributed by atoms with Gasteiger partial charge >= 0.3 is 5.97 Å². The molecule has 0 spiro atoms. The molecule has 1 heterocycles. The molecule has 1 aliphatic heterocycles. The van der Waals surface area contributed by atoms with E-state index in [4.69, 9.17) is 16.6 Å². The summed E-state index contributed by atoms with van der Waals surface area (Å²) in [6.45, 7) is 0. The van der Waals surface area contributed by atoms with Crippen LogP contribution in [0.15, 0.2) is 24.3 Å². The molecule has 1 aromatic carbocycles. The molecule has 0 saturated carbocycles. The monoisotopic (exact) mass is 479 g/mol. The molecule has 12 nitrogen and oxygen atoms in total. The number of hydrogen-bond acceptors (Lipinski definition) is 7. The van der Waals surface area contributed by atoms with Crippen molar-refractivity contribution in [1.29, 1.82) is 0 Å². The van der Waals surface area contributed by atoms with Gasteiger partial charge in [-0.15, -0.1) is 0 Å². The average Bonchev–Trinajstić information content (AvgIpc) is 2.74. The molecule has 13 heteroatoms. The van der Waals surface area contributed by atoms with E-state index in [1.54, 1.807) is 24.3 Å². The van der Waals surface area contributed by atoms with Gasteiger partial charge in [0, 0.05) is 23.5 Å². The van der Waals surface area contributed by atoms with E-state index < -0.39 is 66.5 Å². The predicted molar refractivity (Wildman–Crippen MR) is 118 cm³/mol. The first-order valence-corrected chi connectivity index (χ1v) is 11.1. The van der Waals surface area contributed by atoms with E-state index in [-0.39, 0.29) is 17.7 Å². The Bertz CT molecular complexity index is 954. The summed E-state index contributed by atoms with van der Waals surface area (Å²) in [5, 5.41) is 16.2. The van der Waals surface area contributed by atoms with Crippen LogP contribution in [-0.4, -0.2) is 64.5 Å². The summed E-state index contributed by atoms with van der Waals surface area (Å²) in [4.78, 5) is 72.7. The zero-order chi connectivity index (χ0) is 24.5. The third-order valence-electron chi connectivity index (χ3n) is 4.77. The Morgan fingerprint density at radius 3 is 2.30 bits per heavy atom. The minimum atomic E-state index is -1.46. The van der Waals surface area contributed by atoms with Crippen LogP contribution in [0.5, 0.6) is 0 Å². The van der Waals surface area contributed by atoms with E-state index in [2.05, 4.69) is 16.0 Å². The van der Waals surface area contributed by atoms with Crippen molar-refractivity contribution in [3.8, 4) is 0 Å². The lowest BCUT2D eigenvalue weighted by atomic mass is 10.1. The number of fused-ring (bicyclic) bond motifs is 1. The summed E-state index contributed by atoms with van der Waals surface area (Å²) in [5.41, 5.74) is 11.4. The molecular weight excluding hydrogens is 454 g/mol. The largest absolute Gasteiger partial charge is 0.481 e. The van der Waals surface area contributed by atoms with Gasteiger partial charge in [0.2, 0.25) is 23.6 Å². The van der Waals surface area contributed by atoms with Crippen molar-refractivity contribution in [1.82, 2.24) is 16.0 Å². The number of carboxylic acid groups (broad SMARTS) is 1. The van der Waals surface area contributed by atoms with Gasteiger partial charge in [0.05, 0.1) is 6.42 Å². The summed E-state index contributed by atoms with van der Waals surface area (Å²) in [6, 6.07) is 2.71. The lowest BCUT2D eigenvalue weighted by Gasteiger charge is -2.25. The number of carbonyl (C=O) groups excluding carboxylic acids is 5. The number of rotatable bonds is 6. The number of primary amides is 2. The molecule has 0 saturated heterocycles. The fourth-order valence-corrected chi connectivity index (χ4v) is 4.15. The molecule has 3 atom stereocenters. The number of thioether (sulfide) groups is 1. The first kappa shape index (κ1) is 25.6. The Hall–Kier alpha value is -3.61. The fourth-order valence-electron chi connectivity index (χ4n) is 3.08. The Balaban J connectivity index is 2.43. The smallest absolute Gasteiger partial charge is 0.303 e. The van der Waals surface area contributed by atoms with E-state index in [1.165, 1.54) is 11.8 Å². The van der Waals surface area contributed by atoms with Crippen LogP contribution >= 0.6 is 11.8 Å². The second kappa shape index (κ2) is 11.9. The maximum Gasteiger partial charge on any atom is 0.303 e. The summed E-state index contributed by atoms with van der Waals surface area (Å²) in [6.07, 6.45) is -1.29. The molecule has 1 aromatic rings. The van der Waals surface area contributed by atoms with Gasteiger partial charge in [-0.2, -0.15) is 11.8 Å². The van der Waals surface area contributed by atoms with Crippen molar-refractivity contribution in [3.05, 3.63) is 35.4 Å². The highest BCUT2D eigenvalue weighted by Crippen LogP contribution is 2.18. The first-order chi connectivity index (χ1) is 15.6. The van der Waals surface area contributed by atoms with Crippen LogP contribution < -0.4 is 27.4 Å². The van der Waals surface area contributed by atoms with Crippen molar-refractivity contribution in [2.24, 2.45) is 11.5 Å². The Morgan fingerprint density at radius 1 is 1.00 bits per heavy atom. The zero-order valence-electron chi connectivity index (χ0n) is 17.5. The quantitative estimate of drug-likeness (QED) is 0.274. The van der Waals surface area contributed by atoms with E-state index in [0.717, 1.165) is 0 Å². The second-order valence-electron chi connectivity index (χ2n) is 7.33. The van der Waals surface area contributed by atoms with Crippen molar-refractivity contribution in [2.75, 3.05) is 5.75 Å². The molecule has 33 heavy (non-hydrogen) atoms. The summed E-state index contributed by atoms with van der Waals surface area (Å²) < 4.78 is 0. The molecule has 0 aliphatic carbocycles. The van der Waals surface area contributed by atoms with Gasteiger partial charge in [-0.3, -0.25) is 28.8 Å². The average molecular weight is 480 g/mol. The molecule has 3 unspecified atom stereocenters. The van der Waals surface area contributed by atoms with Gasteiger partial charge in [-0.25, -0.2) is 0 Å². The third kappa shape index (κ3) is 7.79. The third-order valence-corrected chi connectivity index (χ3v) is 5.86. The number of benzene rings is 1. The fraction of sp³-hybridized carbons (Fsp3) is 0.400. The molecule has 2 rings (SSSR count). The summed E-state index contributed by atoms with van der Waals surface area (Å²) >= 11 is 1.24. The Kier molecular flexibility index (Phi) is 9.21. The maximum absolute atomic E-state index is 12.9. The number of carbonyl (C=O) groups is 6. The van der Waals surface area contributed by atoms with E-state index >= 15 is 0 Å². The molecule has 0 bridgehead atoms. The van der Waals surface area contributed by atoms with Gasteiger partial charge in [-0.05, 0) is 18.1 Å². The lowest BCUT2D eigenvalue weighted by Crippen LogP contribution is -2.57. The van der Waals surface area contributed by atoms with Crippen LogP contribution in [0.25, 0.3) is 0 Å². The highest BCUT2D eigenvalue weighted by molar-refractivity contribution is 7.98. The normalized spacial score (nSPS) is 22.1. The van der Waals surface area contributed by atoms with Crippen LogP contribution in [0, 0.1) is 0 Å². The van der Waals surface area contributed by atoms with Gasteiger partial charge in [0.1, 0.15) is 18.1 Å². The number of aliphatic carboxylic acids is 1. The zero-order valence-corrected chi connectivity index (χ0v) is 18.4. The van der Waals surface area contributed by atoms with E-state index in [9.17, 15) is 28.8 Å². The van der Waals surface area contributed by atoms with Gasteiger partial charge < -0.3 is 32.5 Å². The van der Waals surface area contributed by atoms with Crippen LogP contribution in [0.1, 0.15) is 35.2 Å². The minimum absolute atomic E-state index is 0.0789. The summed E-state index contributed by atoms with van der Waals surface area (Å²) in [5.74, 6) is -4.91. The number of amides is 5. The molecule has 0 fully saturated rings. The van der Waals surface area contributed by atoms with Gasteiger partial charge in [-0.1, -0.05) is 18.2 Å². The Morgan fingerprint density at radius 2 is 1.67 bits per heavy atom. The number of hydrogen-bond donors (Lipinski definition) is 6. The topological polar surface area (TPSA) is 211 Å². The first-order valence-electron chi connectivity index (χ1n) is 9.95. The molecule has 0 aromatic heterocycles. The lowest BCUT2D eigenvalue weighted by molar-refractivity contribution is -0.137. The highest BCUT2D eigenvalue weighted by atomic mass is 32.2. The van der Waals surface area contributed by atoms with Crippen molar-refractivity contribution >= 4 is 47.3 Å².